The van der Waals surface area contributed by atoms with Crippen molar-refractivity contribution in [1.29, 1.82) is 0 Å². The predicted molar refractivity (Wildman–Crippen MR) is 111 cm³/mol. The third-order valence-electron chi connectivity index (χ3n) is 5.37. The smallest absolute Gasteiger partial charge is 0.416 e. The number of hydrogen-bond donors (Lipinski definition) is 2. The fraction of sp³-hybridized carbons (Fsp3) is 0.304. The van der Waals surface area contributed by atoms with E-state index >= 15 is 0 Å². The quantitative estimate of drug-likeness (QED) is 0.643. The predicted octanol–water partition coefficient (Wildman–Crippen LogP) is 2.74. The highest BCUT2D eigenvalue weighted by atomic mass is 19.4. The van der Waals surface area contributed by atoms with E-state index in [4.69, 9.17) is 5.11 Å². The number of carbonyl (C=O) groups is 4. The van der Waals surface area contributed by atoms with Crippen LogP contribution in [0.3, 0.4) is 0 Å². The molecule has 1 heterocycles. The summed E-state index contributed by atoms with van der Waals surface area (Å²) in [5, 5.41) is 10.8. The number of nitrogens with zero attached hydrogens (tertiary/aromatic N) is 1. The maximum Gasteiger partial charge on any atom is 0.416 e. The van der Waals surface area contributed by atoms with Crippen LogP contribution in [0.25, 0.3) is 11.1 Å². The molecule has 0 aromatic heterocycles. The molecule has 174 valence electrons. The van der Waals surface area contributed by atoms with Crippen LogP contribution in [0.4, 0.5) is 13.2 Å². The summed E-state index contributed by atoms with van der Waals surface area (Å²) in [6.07, 6.45) is -4.41. The van der Waals surface area contributed by atoms with Crippen LogP contribution in [-0.4, -0.2) is 46.7 Å². The van der Waals surface area contributed by atoms with Crippen LogP contribution in [0.1, 0.15) is 18.1 Å². The fourth-order valence-electron chi connectivity index (χ4n) is 3.62. The topological polar surface area (TPSA) is 104 Å². The molecule has 2 N–H and O–H groups in total. The molecule has 33 heavy (non-hydrogen) atoms. The van der Waals surface area contributed by atoms with Gasteiger partial charge in [-0.25, -0.2) is 0 Å². The van der Waals surface area contributed by atoms with Crippen LogP contribution < -0.4 is 5.32 Å². The zero-order valence-electron chi connectivity index (χ0n) is 17.6. The Morgan fingerprint density at radius 1 is 1.03 bits per heavy atom. The Morgan fingerprint density at radius 3 is 2.09 bits per heavy atom. The molecule has 2 aromatic rings. The Bertz CT molecular complexity index is 1060. The van der Waals surface area contributed by atoms with Gasteiger partial charge in [0.2, 0.25) is 11.8 Å². The number of hydrogen-bond acceptors (Lipinski definition) is 4. The zero-order chi connectivity index (χ0) is 24.3. The summed E-state index contributed by atoms with van der Waals surface area (Å²) in [6.45, 7) is 1.12. The number of benzene rings is 2. The highest BCUT2D eigenvalue weighted by molar-refractivity contribution is 6.20. The number of halogens is 3. The highest BCUT2D eigenvalue weighted by Gasteiger charge is 2.44. The number of likely N-dealkylation sites (tertiary alicyclic amines) is 1. The number of aliphatic carboxylic acids is 1. The van der Waals surface area contributed by atoms with Crippen molar-refractivity contribution >= 4 is 23.6 Å². The van der Waals surface area contributed by atoms with Crippen molar-refractivity contribution in [3.63, 3.8) is 0 Å². The van der Waals surface area contributed by atoms with Crippen molar-refractivity contribution in [2.45, 2.75) is 19.6 Å². The molecular formula is C23H21F3N2O5. The van der Waals surface area contributed by atoms with E-state index in [2.05, 4.69) is 5.32 Å². The minimum Gasteiger partial charge on any atom is -0.480 e. The van der Waals surface area contributed by atoms with Gasteiger partial charge in [-0.05, 0) is 28.8 Å². The lowest BCUT2D eigenvalue weighted by molar-refractivity contribution is -0.155. The number of carboxylic acids is 1. The number of carbonyl (C=O) groups excluding carboxylic acids is 3. The van der Waals surface area contributed by atoms with Gasteiger partial charge in [-0.15, -0.1) is 0 Å². The van der Waals surface area contributed by atoms with Crippen molar-refractivity contribution in [1.82, 2.24) is 10.2 Å². The second-order valence-electron chi connectivity index (χ2n) is 7.84. The Morgan fingerprint density at radius 2 is 1.58 bits per heavy atom. The van der Waals surface area contributed by atoms with Crippen molar-refractivity contribution < 1.29 is 37.5 Å². The van der Waals surface area contributed by atoms with Crippen LogP contribution in [0.15, 0.2) is 48.5 Å². The molecule has 2 atom stereocenters. The first-order valence-electron chi connectivity index (χ1n) is 10.1. The van der Waals surface area contributed by atoms with Gasteiger partial charge in [-0.2, -0.15) is 13.2 Å². The molecule has 0 bridgehead atoms. The molecule has 3 rings (SSSR count). The number of piperidine rings is 1. The summed E-state index contributed by atoms with van der Waals surface area (Å²) in [4.78, 5) is 49.4. The fourth-order valence-corrected chi connectivity index (χ4v) is 3.62. The molecule has 10 heteroatoms. The highest BCUT2D eigenvalue weighted by Crippen LogP contribution is 2.31. The average Bonchev–Trinajstić information content (AvgIpc) is 2.76. The summed E-state index contributed by atoms with van der Waals surface area (Å²) in [5.74, 6) is -5.70. The van der Waals surface area contributed by atoms with E-state index in [0.717, 1.165) is 12.1 Å². The number of rotatable bonds is 6. The normalized spacial score (nSPS) is 18.8. The monoisotopic (exact) mass is 462 g/mol. The first-order valence-corrected chi connectivity index (χ1v) is 10.1. The lowest BCUT2D eigenvalue weighted by Crippen LogP contribution is -2.55. The van der Waals surface area contributed by atoms with Gasteiger partial charge in [0, 0.05) is 19.0 Å². The van der Waals surface area contributed by atoms with Gasteiger partial charge in [0.25, 0.3) is 0 Å². The SMILES string of the molecule is CC1CN(Cc2ccc(-c3ccc(C(F)(F)F)cc3)cc2)C(=O)C(C(=O)NCC(=O)O)C1=O. The minimum absolute atomic E-state index is 0.112. The molecule has 1 saturated heterocycles. The summed E-state index contributed by atoms with van der Waals surface area (Å²) in [6, 6.07) is 11.6. The van der Waals surface area contributed by atoms with Gasteiger partial charge in [0.1, 0.15) is 6.54 Å². The second kappa shape index (κ2) is 9.43. The average molecular weight is 462 g/mol. The van der Waals surface area contributed by atoms with Gasteiger partial charge in [-0.3, -0.25) is 19.2 Å². The third kappa shape index (κ3) is 5.57. The molecular weight excluding hydrogens is 441 g/mol. The van der Waals surface area contributed by atoms with E-state index < -0.39 is 53.7 Å². The van der Waals surface area contributed by atoms with E-state index in [1.54, 1.807) is 31.2 Å². The number of alkyl halides is 3. The van der Waals surface area contributed by atoms with E-state index in [-0.39, 0.29) is 13.1 Å². The molecule has 1 aliphatic rings. The van der Waals surface area contributed by atoms with Crippen LogP contribution >= 0.6 is 0 Å². The molecule has 1 fully saturated rings. The van der Waals surface area contributed by atoms with Crippen molar-refractivity contribution in [3.8, 4) is 11.1 Å². The van der Waals surface area contributed by atoms with E-state index in [1.807, 2.05) is 0 Å². The van der Waals surface area contributed by atoms with Crippen molar-refractivity contribution in [2.24, 2.45) is 11.8 Å². The van der Waals surface area contributed by atoms with Crippen LogP contribution in [0.5, 0.6) is 0 Å². The summed E-state index contributed by atoms with van der Waals surface area (Å²) in [7, 11) is 0. The maximum atomic E-state index is 12.8. The number of amides is 2. The molecule has 0 aliphatic carbocycles. The molecule has 2 amide bonds. The van der Waals surface area contributed by atoms with Gasteiger partial charge in [0.05, 0.1) is 5.56 Å². The van der Waals surface area contributed by atoms with Crippen molar-refractivity contribution in [3.05, 3.63) is 59.7 Å². The molecule has 7 nitrogen and oxygen atoms in total. The largest absolute Gasteiger partial charge is 0.480 e. The zero-order valence-corrected chi connectivity index (χ0v) is 17.6. The molecule has 1 aliphatic heterocycles. The minimum atomic E-state index is -4.41. The third-order valence-corrected chi connectivity index (χ3v) is 5.37. The van der Waals surface area contributed by atoms with Gasteiger partial charge in [0.15, 0.2) is 11.7 Å². The van der Waals surface area contributed by atoms with Gasteiger partial charge in [-0.1, -0.05) is 43.3 Å². The number of Topliss-reactive ketones (excluding diaryl/α,β-unsaturated/α-hetero) is 1. The Kier molecular flexibility index (Phi) is 6.85. The van der Waals surface area contributed by atoms with Crippen LogP contribution in [0, 0.1) is 11.8 Å². The Hall–Kier alpha value is -3.69. The number of ketones is 1. The maximum absolute atomic E-state index is 12.8. The van der Waals surface area contributed by atoms with Crippen molar-refractivity contribution in [2.75, 3.05) is 13.1 Å². The van der Waals surface area contributed by atoms with E-state index in [0.29, 0.717) is 16.7 Å². The van der Waals surface area contributed by atoms with Gasteiger partial charge >= 0.3 is 12.1 Å². The molecule has 0 spiro atoms. The first-order chi connectivity index (χ1) is 15.5. The summed E-state index contributed by atoms with van der Waals surface area (Å²) >= 11 is 0. The van der Waals surface area contributed by atoms with Gasteiger partial charge < -0.3 is 15.3 Å². The summed E-state index contributed by atoms with van der Waals surface area (Å²) in [5.41, 5.74) is 1.24. The molecule has 2 aromatic carbocycles. The number of nitrogens with one attached hydrogen (secondary N) is 1. The molecule has 2 unspecified atom stereocenters. The standard InChI is InChI=1S/C23H21F3N2O5/c1-13-11-28(22(33)19(20(13)31)21(32)27-10-18(29)30)12-14-2-4-15(5-3-14)16-6-8-17(9-7-16)23(24,25)26/h2-9,13,19H,10-12H2,1H3,(H,27,32)(H,29,30). The summed E-state index contributed by atoms with van der Waals surface area (Å²) < 4.78 is 38.2. The molecule has 0 saturated carbocycles. The number of carboxylic acid groups (broad SMARTS) is 1. The Labute approximate surface area is 187 Å². The van der Waals surface area contributed by atoms with E-state index in [9.17, 15) is 32.3 Å². The molecule has 0 radical (unpaired) electrons. The first kappa shape index (κ1) is 24.0. The lowest BCUT2D eigenvalue weighted by Gasteiger charge is -2.34. The lowest BCUT2D eigenvalue weighted by atomic mass is 9.87. The Balaban J connectivity index is 1.72. The van der Waals surface area contributed by atoms with E-state index in [1.165, 1.54) is 17.0 Å². The second-order valence-corrected chi connectivity index (χ2v) is 7.84. The van der Waals surface area contributed by atoms with Crippen LogP contribution in [-0.2, 0) is 31.9 Å². The van der Waals surface area contributed by atoms with Crippen LogP contribution in [0.2, 0.25) is 0 Å².